The summed E-state index contributed by atoms with van der Waals surface area (Å²) in [7, 11) is 0. The first-order valence-corrected chi connectivity index (χ1v) is 7.83. The number of nitrogens with one attached hydrogen (secondary N) is 1. The molecule has 2 rings (SSSR count). The second kappa shape index (κ2) is 5.71. The number of hydrogen-bond donors (Lipinski definition) is 2. The van der Waals surface area contributed by atoms with E-state index in [0.717, 1.165) is 5.56 Å². The van der Waals surface area contributed by atoms with E-state index < -0.39 is 23.6 Å². The molecule has 0 radical (unpaired) electrons. The molecule has 1 saturated carbocycles. The van der Waals surface area contributed by atoms with Crippen molar-refractivity contribution in [2.75, 3.05) is 5.32 Å². The van der Waals surface area contributed by atoms with Crippen LogP contribution in [0.25, 0.3) is 0 Å². The van der Waals surface area contributed by atoms with Crippen molar-refractivity contribution in [2.45, 2.75) is 46.1 Å². The highest BCUT2D eigenvalue weighted by molar-refractivity contribution is 6.31. The molecule has 23 heavy (non-hydrogen) atoms. The molecule has 6 heteroatoms. The van der Waals surface area contributed by atoms with E-state index >= 15 is 0 Å². The third-order valence-electron chi connectivity index (χ3n) is 4.08. The molecule has 2 unspecified atom stereocenters. The van der Waals surface area contributed by atoms with Crippen molar-refractivity contribution < 1.29 is 19.4 Å². The Morgan fingerprint density at radius 1 is 1.30 bits per heavy atom. The van der Waals surface area contributed by atoms with Gasteiger partial charge in [-0.3, -0.25) is 10.1 Å². The van der Waals surface area contributed by atoms with Crippen LogP contribution >= 0.6 is 11.6 Å². The maximum absolute atomic E-state index is 12.0. The molecule has 2 N–H and O–H groups in total. The van der Waals surface area contributed by atoms with Crippen LogP contribution in [0.15, 0.2) is 18.2 Å². The Morgan fingerprint density at radius 2 is 1.91 bits per heavy atom. The molecule has 1 aromatic carbocycles. The van der Waals surface area contributed by atoms with E-state index in [4.69, 9.17) is 16.3 Å². The van der Waals surface area contributed by atoms with Gasteiger partial charge in [0, 0.05) is 16.6 Å². The maximum atomic E-state index is 12.0. The summed E-state index contributed by atoms with van der Waals surface area (Å²) in [6.07, 6.45) is -0.591. The standard InChI is InChI=1S/C17H22ClNO4/c1-16(2,3)23-15(22)19-11-8-9(18)6-7-10(11)12-13(14(20)21)17(12,4)5/h6-8,12-13H,1-5H3,(H,19,22)(H,20,21). The average Bonchev–Trinajstić information content (AvgIpc) is 2.89. The molecule has 0 aliphatic heterocycles. The Morgan fingerprint density at radius 3 is 2.39 bits per heavy atom. The highest BCUT2D eigenvalue weighted by Crippen LogP contribution is 2.65. The number of aliphatic carboxylic acids is 1. The zero-order valence-electron chi connectivity index (χ0n) is 13.9. The fraction of sp³-hybridized carbons (Fsp3) is 0.529. The maximum Gasteiger partial charge on any atom is 0.412 e. The SMILES string of the molecule is CC(C)(C)OC(=O)Nc1cc(Cl)ccc1C1C(C(=O)O)C1(C)C. The fourth-order valence-electron chi connectivity index (χ4n) is 3.00. The zero-order chi connectivity index (χ0) is 17.6. The number of rotatable bonds is 3. The van der Waals surface area contributed by atoms with Gasteiger partial charge >= 0.3 is 12.1 Å². The van der Waals surface area contributed by atoms with Crippen molar-refractivity contribution in [3.8, 4) is 0 Å². The van der Waals surface area contributed by atoms with Crippen LogP contribution in [-0.4, -0.2) is 22.8 Å². The van der Waals surface area contributed by atoms with Gasteiger partial charge in [0.2, 0.25) is 0 Å². The quantitative estimate of drug-likeness (QED) is 0.849. The van der Waals surface area contributed by atoms with Crippen LogP contribution in [0.4, 0.5) is 10.5 Å². The first-order chi connectivity index (χ1) is 10.4. The molecule has 1 amide bonds. The number of ether oxygens (including phenoxy) is 1. The van der Waals surface area contributed by atoms with Gasteiger partial charge in [-0.1, -0.05) is 31.5 Å². The lowest BCUT2D eigenvalue weighted by Crippen LogP contribution is -2.27. The molecule has 0 aromatic heterocycles. The number of anilines is 1. The number of amides is 1. The van der Waals surface area contributed by atoms with Gasteiger partial charge in [0.05, 0.1) is 5.92 Å². The lowest BCUT2D eigenvalue weighted by atomic mass is 10.0. The summed E-state index contributed by atoms with van der Waals surface area (Å²) >= 11 is 6.02. The predicted octanol–water partition coefficient (Wildman–Crippen LogP) is 4.51. The van der Waals surface area contributed by atoms with E-state index in [1.54, 1.807) is 39.0 Å². The molecule has 0 spiro atoms. The van der Waals surface area contributed by atoms with Gasteiger partial charge in [0.1, 0.15) is 5.60 Å². The second-order valence-electron chi connectivity index (χ2n) is 7.47. The first-order valence-electron chi connectivity index (χ1n) is 7.46. The van der Waals surface area contributed by atoms with Crippen molar-refractivity contribution in [3.63, 3.8) is 0 Å². The predicted molar refractivity (Wildman–Crippen MR) is 89.0 cm³/mol. The van der Waals surface area contributed by atoms with Crippen LogP contribution in [0.5, 0.6) is 0 Å². The van der Waals surface area contributed by atoms with E-state index in [2.05, 4.69) is 5.32 Å². The summed E-state index contributed by atoms with van der Waals surface area (Å²) in [6, 6.07) is 5.09. The molecule has 0 bridgehead atoms. The summed E-state index contributed by atoms with van der Waals surface area (Å²) in [5.74, 6) is -1.50. The summed E-state index contributed by atoms with van der Waals surface area (Å²) in [6.45, 7) is 9.13. The molecule has 1 aliphatic carbocycles. The topological polar surface area (TPSA) is 75.6 Å². The van der Waals surface area contributed by atoms with Crippen LogP contribution in [0.2, 0.25) is 5.02 Å². The van der Waals surface area contributed by atoms with E-state index in [1.807, 2.05) is 13.8 Å². The lowest BCUT2D eigenvalue weighted by molar-refractivity contribution is -0.139. The molecule has 1 fully saturated rings. The first kappa shape index (κ1) is 17.6. The number of hydrogen-bond acceptors (Lipinski definition) is 3. The minimum Gasteiger partial charge on any atom is -0.481 e. The normalized spacial score (nSPS) is 22.3. The Bertz CT molecular complexity index is 648. The Kier molecular flexibility index (Phi) is 4.37. The molecule has 2 atom stereocenters. The Balaban J connectivity index is 2.29. The Hall–Kier alpha value is -1.75. The van der Waals surface area contributed by atoms with E-state index in [9.17, 15) is 14.7 Å². The molecule has 1 aliphatic rings. The number of halogens is 1. The van der Waals surface area contributed by atoms with Crippen molar-refractivity contribution in [2.24, 2.45) is 11.3 Å². The van der Waals surface area contributed by atoms with Gasteiger partial charge < -0.3 is 9.84 Å². The number of benzene rings is 1. The van der Waals surface area contributed by atoms with Crippen molar-refractivity contribution in [1.82, 2.24) is 0 Å². The van der Waals surface area contributed by atoms with Crippen LogP contribution in [0.1, 0.15) is 46.1 Å². The van der Waals surface area contributed by atoms with Crippen LogP contribution in [0, 0.1) is 11.3 Å². The van der Waals surface area contributed by atoms with Crippen LogP contribution in [-0.2, 0) is 9.53 Å². The van der Waals surface area contributed by atoms with E-state index in [1.165, 1.54) is 0 Å². The molecule has 1 aromatic rings. The number of carboxylic acid groups (broad SMARTS) is 1. The third-order valence-corrected chi connectivity index (χ3v) is 4.31. The van der Waals surface area contributed by atoms with Gasteiger partial charge in [-0.05, 0) is 43.9 Å². The van der Waals surface area contributed by atoms with Gasteiger partial charge in [0.15, 0.2) is 0 Å². The summed E-state index contributed by atoms with van der Waals surface area (Å²) in [5.41, 5.74) is 0.265. The van der Waals surface area contributed by atoms with Crippen LogP contribution in [0.3, 0.4) is 0 Å². The lowest BCUT2D eigenvalue weighted by Gasteiger charge is -2.20. The van der Waals surface area contributed by atoms with Gasteiger partial charge in [-0.2, -0.15) is 0 Å². The van der Waals surface area contributed by atoms with Crippen LogP contribution < -0.4 is 5.32 Å². The smallest absolute Gasteiger partial charge is 0.412 e. The fourth-order valence-corrected chi connectivity index (χ4v) is 3.17. The largest absolute Gasteiger partial charge is 0.481 e. The van der Waals surface area contributed by atoms with Crippen molar-refractivity contribution >= 4 is 29.4 Å². The summed E-state index contributed by atoms with van der Waals surface area (Å²) in [4.78, 5) is 23.4. The average molecular weight is 340 g/mol. The molecular weight excluding hydrogens is 318 g/mol. The molecule has 0 heterocycles. The van der Waals surface area contributed by atoms with E-state index in [-0.39, 0.29) is 11.3 Å². The molecule has 126 valence electrons. The number of carbonyl (C=O) groups is 2. The highest BCUT2D eigenvalue weighted by atomic mass is 35.5. The molecule has 0 saturated heterocycles. The zero-order valence-corrected chi connectivity index (χ0v) is 14.7. The minimum absolute atomic E-state index is 0.179. The molecule has 5 nitrogen and oxygen atoms in total. The van der Waals surface area contributed by atoms with E-state index in [0.29, 0.717) is 10.7 Å². The second-order valence-corrected chi connectivity index (χ2v) is 7.91. The van der Waals surface area contributed by atoms with Crippen molar-refractivity contribution in [3.05, 3.63) is 28.8 Å². The van der Waals surface area contributed by atoms with Gasteiger partial charge in [0.25, 0.3) is 0 Å². The number of carbonyl (C=O) groups excluding carboxylic acids is 1. The monoisotopic (exact) mass is 339 g/mol. The summed E-state index contributed by atoms with van der Waals surface area (Å²) < 4.78 is 5.25. The summed E-state index contributed by atoms with van der Waals surface area (Å²) in [5, 5.41) is 12.5. The molecular formula is C17H22ClNO4. The Labute approximate surface area is 141 Å². The van der Waals surface area contributed by atoms with Crippen molar-refractivity contribution in [1.29, 1.82) is 0 Å². The highest BCUT2D eigenvalue weighted by Gasteiger charge is 2.63. The third kappa shape index (κ3) is 3.78. The van der Waals surface area contributed by atoms with Gasteiger partial charge in [-0.15, -0.1) is 0 Å². The minimum atomic E-state index is -0.835. The van der Waals surface area contributed by atoms with Gasteiger partial charge in [-0.25, -0.2) is 4.79 Å². The number of carboxylic acids is 1.